The molecule has 0 fully saturated rings. The van der Waals surface area contributed by atoms with E-state index in [0.717, 1.165) is 24.8 Å². The van der Waals surface area contributed by atoms with Crippen LogP contribution in [0.4, 0.5) is 0 Å². The summed E-state index contributed by atoms with van der Waals surface area (Å²) < 4.78 is 0. The van der Waals surface area contributed by atoms with E-state index in [1.54, 1.807) is 0 Å². The van der Waals surface area contributed by atoms with Crippen LogP contribution in [0, 0.1) is 5.92 Å². The van der Waals surface area contributed by atoms with Crippen molar-refractivity contribution >= 4 is 0 Å². The van der Waals surface area contributed by atoms with Crippen LogP contribution < -0.4 is 0 Å². The number of aliphatic hydroxyl groups excluding tert-OH is 1. The fourth-order valence-corrected chi connectivity index (χ4v) is 2.24. The summed E-state index contributed by atoms with van der Waals surface area (Å²) in [7, 11) is 0. The van der Waals surface area contributed by atoms with Crippen LogP contribution in [0.2, 0.25) is 0 Å². The summed E-state index contributed by atoms with van der Waals surface area (Å²) >= 11 is 0. The van der Waals surface area contributed by atoms with Crippen LogP contribution in [0.5, 0.6) is 0 Å². The van der Waals surface area contributed by atoms with Gasteiger partial charge in [-0.1, -0.05) is 56.4 Å². The van der Waals surface area contributed by atoms with Crippen LogP contribution in [-0.4, -0.2) is 16.5 Å². The van der Waals surface area contributed by atoms with E-state index in [1.807, 2.05) is 6.92 Å². The molecule has 1 unspecified atom stereocenters. The summed E-state index contributed by atoms with van der Waals surface area (Å²) in [4.78, 5) is 0. The van der Waals surface area contributed by atoms with Crippen molar-refractivity contribution in [2.75, 3.05) is 0 Å². The first-order valence-corrected chi connectivity index (χ1v) is 6.93. The number of hydrogen-bond donors (Lipinski definition) is 2. The Morgan fingerprint density at radius 2 is 1.65 bits per heavy atom. The van der Waals surface area contributed by atoms with Crippen molar-refractivity contribution in [1.82, 2.24) is 0 Å². The molecule has 0 amide bonds. The minimum Gasteiger partial charge on any atom is -0.368 e. The Balaban J connectivity index is 2.60. The molecule has 0 saturated heterocycles. The Morgan fingerprint density at radius 1 is 1.00 bits per heavy atom. The highest BCUT2D eigenvalue weighted by molar-refractivity contribution is 5.15. The van der Waals surface area contributed by atoms with E-state index in [0.29, 0.717) is 0 Å². The molecule has 0 radical (unpaired) electrons. The summed E-state index contributed by atoms with van der Waals surface area (Å²) in [5.41, 5.74) is 1.16. The third-order valence-electron chi connectivity index (χ3n) is 3.56. The number of rotatable bonds is 2. The zero-order chi connectivity index (χ0) is 12.5. The number of allylic oxidation sites excluding steroid dienone is 3. The maximum atomic E-state index is 9.25. The highest BCUT2D eigenvalue weighted by Crippen LogP contribution is 2.22. The van der Waals surface area contributed by atoms with E-state index in [9.17, 15) is 10.2 Å². The summed E-state index contributed by atoms with van der Waals surface area (Å²) in [5.74, 6) is -0.150. The van der Waals surface area contributed by atoms with Gasteiger partial charge in [0.05, 0.1) is 0 Å². The highest BCUT2D eigenvalue weighted by atomic mass is 16.5. The maximum Gasteiger partial charge on any atom is 0.157 e. The van der Waals surface area contributed by atoms with Crippen molar-refractivity contribution in [3.63, 3.8) is 0 Å². The molecule has 0 aromatic carbocycles. The van der Waals surface area contributed by atoms with E-state index >= 15 is 0 Å². The average Bonchev–Trinajstić information content (AvgIpc) is 2.29. The van der Waals surface area contributed by atoms with E-state index in [1.165, 1.54) is 32.1 Å². The molecule has 0 saturated carbocycles. The molecule has 0 aromatic heterocycles. The molecule has 2 heteroatoms. The molecule has 0 aromatic rings. The lowest BCUT2D eigenvalue weighted by Crippen LogP contribution is -2.18. The van der Waals surface area contributed by atoms with Crippen molar-refractivity contribution in [2.45, 2.75) is 64.6 Å². The summed E-state index contributed by atoms with van der Waals surface area (Å²) in [6, 6.07) is 0. The Morgan fingerprint density at radius 3 is 2.35 bits per heavy atom. The predicted molar refractivity (Wildman–Crippen MR) is 71.5 cm³/mol. The Bertz CT molecular complexity index is 254. The van der Waals surface area contributed by atoms with Gasteiger partial charge >= 0.3 is 0 Å². The third-order valence-corrected chi connectivity index (χ3v) is 3.56. The standard InChI is InChI=1S/C15H26O2/c1-13(15(16)17)14-11-9-7-5-3-2-4-6-8-10-12-14/h7,9,11,13,15-17H,2-6,8,10,12H2,1H3. The van der Waals surface area contributed by atoms with Crippen molar-refractivity contribution in [3.8, 4) is 0 Å². The van der Waals surface area contributed by atoms with Gasteiger partial charge in [0.2, 0.25) is 0 Å². The van der Waals surface area contributed by atoms with Crippen molar-refractivity contribution < 1.29 is 10.2 Å². The maximum absolute atomic E-state index is 9.25. The van der Waals surface area contributed by atoms with Crippen LogP contribution in [0.15, 0.2) is 23.8 Å². The monoisotopic (exact) mass is 238 g/mol. The van der Waals surface area contributed by atoms with E-state index < -0.39 is 6.29 Å². The molecule has 0 spiro atoms. The van der Waals surface area contributed by atoms with E-state index in [4.69, 9.17) is 0 Å². The Hall–Kier alpha value is -0.600. The van der Waals surface area contributed by atoms with Gasteiger partial charge in [0.1, 0.15) is 0 Å². The zero-order valence-corrected chi connectivity index (χ0v) is 10.9. The predicted octanol–water partition coefficient (Wildman–Crippen LogP) is 3.55. The average molecular weight is 238 g/mol. The molecule has 1 aliphatic rings. The lowest BCUT2D eigenvalue weighted by molar-refractivity contribution is -0.0688. The van der Waals surface area contributed by atoms with Crippen LogP contribution in [0.1, 0.15) is 58.3 Å². The van der Waals surface area contributed by atoms with Gasteiger partial charge in [0.25, 0.3) is 0 Å². The minimum atomic E-state index is -1.23. The first-order chi connectivity index (χ1) is 8.22. The lowest BCUT2D eigenvalue weighted by Gasteiger charge is -2.18. The fraction of sp³-hybridized carbons (Fsp3) is 0.733. The van der Waals surface area contributed by atoms with Crippen molar-refractivity contribution in [1.29, 1.82) is 0 Å². The molecule has 17 heavy (non-hydrogen) atoms. The molecule has 2 nitrogen and oxygen atoms in total. The summed E-state index contributed by atoms with van der Waals surface area (Å²) in [5, 5.41) is 18.5. The molecule has 1 atom stereocenters. The quantitative estimate of drug-likeness (QED) is 0.722. The van der Waals surface area contributed by atoms with Gasteiger partial charge in [-0.3, -0.25) is 0 Å². The molecular weight excluding hydrogens is 212 g/mol. The van der Waals surface area contributed by atoms with E-state index in [2.05, 4.69) is 18.2 Å². The molecular formula is C15H26O2. The summed E-state index contributed by atoms with van der Waals surface area (Å²) in [6.07, 6.45) is 14.9. The molecule has 0 heterocycles. The Kier molecular flexibility index (Phi) is 7.22. The van der Waals surface area contributed by atoms with Gasteiger partial charge in [0, 0.05) is 5.92 Å². The smallest absolute Gasteiger partial charge is 0.157 e. The first kappa shape index (κ1) is 14.5. The highest BCUT2D eigenvalue weighted by Gasteiger charge is 2.15. The minimum absolute atomic E-state index is 0.150. The zero-order valence-electron chi connectivity index (χ0n) is 10.9. The second-order valence-corrected chi connectivity index (χ2v) is 5.03. The van der Waals surface area contributed by atoms with Crippen molar-refractivity contribution in [2.24, 2.45) is 5.92 Å². The van der Waals surface area contributed by atoms with E-state index in [-0.39, 0.29) is 5.92 Å². The van der Waals surface area contributed by atoms with Crippen LogP contribution >= 0.6 is 0 Å². The molecule has 2 N–H and O–H groups in total. The largest absolute Gasteiger partial charge is 0.368 e. The van der Waals surface area contributed by atoms with Crippen LogP contribution in [0.25, 0.3) is 0 Å². The van der Waals surface area contributed by atoms with Gasteiger partial charge in [-0.2, -0.15) is 0 Å². The van der Waals surface area contributed by atoms with Crippen molar-refractivity contribution in [3.05, 3.63) is 23.8 Å². The van der Waals surface area contributed by atoms with Gasteiger partial charge < -0.3 is 10.2 Å². The second-order valence-electron chi connectivity index (χ2n) is 5.03. The van der Waals surface area contributed by atoms with Gasteiger partial charge in [-0.25, -0.2) is 0 Å². The number of aliphatic hydroxyl groups is 2. The molecule has 1 rings (SSSR count). The molecule has 0 bridgehead atoms. The topological polar surface area (TPSA) is 40.5 Å². The lowest BCUT2D eigenvalue weighted by atomic mass is 9.93. The first-order valence-electron chi connectivity index (χ1n) is 6.93. The Labute approximate surface area is 105 Å². The fourth-order valence-electron chi connectivity index (χ4n) is 2.24. The third kappa shape index (κ3) is 6.04. The van der Waals surface area contributed by atoms with Crippen LogP contribution in [0.3, 0.4) is 0 Å². The molecule has 0 aliphatic heterocycles. The molecule has 1 aliphatic carbocycles. The van der Waals surface area contributed by atoms with Crippen LogP contribution in [-0.2, 0) is 0 Å². The normalized spacial score (nSPS) is 21.5. The van der Waals surface area contributed by atoms with Gasteiger partial charge in [-0.15, -0.1) is 0 Å². The second kappa shape index (κ2) is 8.48. The number of hydrogen-bond acceptors (Lipinski definition) is 2. The SMILES string of the molecule is CC(C1=CC=CCCCCCCCC1)C(O)O. The molecule has 98 valence electrons. The van der Waals surface area contributed by atoms with Gasteiger partial charge in [0.15, 0.2) is 6.29 Å². The summed E-state index contributed by atoms with van der Waals surface area (Å²) in [6.45, 7) is 1.89. The van der Waals surface area contributed by atoms with Gasteiger partial charge in [-0.05, 0) is 25.7 Å².